The van der Waals surface area contributed by atoms with Gasteiger partial charge >= 0.3 is 35.1 Å². The Labute approximate surface area is 175 Å². The molecule has 0 aromatic heterocycles. The second-order valence-corrected chi connectivity index (χ2v) is 9.38. The zero-order chi connectivity index (χ0) is 20.5. The van der Waals surface area contributed by atoms with E-state index in [0.717, 1.165) is 31.4 Å². The van der Waals surface area contributed by atoms with Crippen molar-refractivity contribution < 1.29 is 38.3 Å². The van der Waals surface area contributed by atoms with Crippen LogP contribution >= 0.6 is 0 Å². The van der Waals surface area contributed by atoms with E-state index in [1.165, 1.54) is 57.8 Å². The van der Waals surface area contributed by atoms with Crippen LogP contribution in [0.4, 0.5) is 0 Å². The van der Waals surface area contributed by atoms with Gasteiger partial charge in [-0.1, -0.05) is 64.2 Å². The van der Waals surface area contributed by atoms with Crippen molar-refractivity contribution in [2.45, 2.75) is 119 Å². The molecule has 0 aromatic carbocycles. The lowest BCUT2D eigenvalue weighted by atomic mass is 10.0. The molecule has 0 radical (unpaired) electrons. The van der Waals surface area contributed by atoms with Gasteiger partial charge in [0.2, 0.25) is 0 Å². The first-order valence-electron chi connectivity index (χ1n) is 11.7. The van der Waals surface area contributed by atoms with Crippen LogP contribution in [-0.4, -0.2) is 40.2 Å². The first-order chi connectivity index (χ1) is 14.6. The minimum absolute atomic E-state index is 0.315. The SMILES string of the molecule is O=C(O)CCCCCCCCCCCCCCC=C1OC12OC21OC12OC13OC12O3. The number of ether oxygens (including phenoxy) is 6. The topological polar surface area (TPSA) is 109 Å². The minimum Gasteiger partial charge on any atom is -0.481 e. The number of carboxylic acid groups (broad SMARTS) is 1. The molecule has 6 aliphatic heterocycles. The van der Waals surface area contributed by atoms with E-state index in [1.54, 1.807) is 0 Å². The van der Waals surface area contributed by atoms with Gasteiger partial charge in [-0.25, -0.2) is 0 Å². The summed E-state index contributed by atoms with van der Waals surface area (Å²) in [6, 6.07) is 0. The monoisotopic (exact) mass is 422 g/mol. The van der Waals surface area contributed by atoms with Crippen molar-refractivity contribution >= 4 is 5.97 Å². The summed E-state index contributed by atoms with van der Waals surface area (Å²) in [7, 11) is 0. The van der Waals surface area contributed by atoms with E-state index in [9.17, 15) is 4.79 Å². The highest BCUT2D eigenvalue weighted by Crippen LogP contribution is 2.97. The summed E-state index contributed by atoms with van der Waals surface area (Å²) in [5, 5.41) is 8.59. The Kier molecular flexibility index (Phi) is 4.17. The summed E-state index contributed by atoms with van der Waals surface area (Å²) in [5.74, 6) is -3.72. The lowest BCUT2D eigenvalue weighted by molar-refractivity contribution is -0.166. The normalized spacial score (nSPS) is 45.8. The van der Waals surface area contributed by atoms with E-state index >= 15 is 0 Å². The van der Waals surface area contributed by atoms with Crippen LogP contribution in [0.5, 0.6) is 0 Å². The third kappa shape index (κ3) is 2.54. The second kappa shape index (κ2) is 6.42. The van der Waals surface area contributed by atoms with Crippen LogP contribution in [0.3, 0.4) is 0 Å². The molecule has 6 fully saturated rings. The van der Waals surface area contributed by atoms with E-state index in [-0.39, 0.29) is 0 Å². The van der Waals surface area contributed by atoms with Crippen molar-refractivity contribution in [1.29, 1.82) is 0 Å². The average Bonchev–Trinajstić information content (AvgIpc) is 3.55. The molecule has 8 heteroatoms. The van der Waals surface area contributed by atoms with E-state index in [1.807, 2.05) is 0 Å². The Morgan fingerprint density at radius 3 is 1.80 bits per heavy atom. The van der Waals surface area contributed by atoms with Crippen LogP contribution in [0.2, 0.25) is 0 Å². The summed E-state index contributed by atoms with van der Waals surface area (Å²) < 4.78 is 33.4. The van der Waals surface area contributed by atoms with Crippen molar-refractivity contribution in [3.63, 3.8) is 0 Å². The number of unbranched alkanes of at least 4 members (excludes halogenated alkanes) is 12. The van der Waals surface area contributed by atoms with Crippen LogP contribution in [0, 0.1) is 0 Å². The third-order valence-electron chi connectivity index (χ3n) is 7.16. The number of epoxide rings is 5. The summed E-state index contributed by atoms with van der Waals surface area (Å²) >= 11 is 0. The van der Waals surface area contributed by atoms with Gasteiger partial charge in [0.1, 0.15) is 0 Å². The Morgan fingerprint density at radius 1 is 0.700 bits per heavy atom. The van der Waals surface area contributed by atoms with Crippen molar-refractivity contribution in [3.8, 4) is 0 Å². The molecule has 3 unspecified atom stereocenters. The van der Waals surface area contributed by atoms with Crippen molar-refractivity contribution in [3.05, 3.63) is 11.8 Å². The maximum absolute atomic E-state index is 10.4. The molecule has 0 saturated carbocycles. The molecular weight excluding hydrogens is 392 g/mol. The Hall–Kier alpha value is -1.19. The van der Waals surface area contributed by atoms with Crippen LogP contribution < -0.4 is 0 Å². The fourth-order valence-electron chi connectivity index (χ4n) is 5.11. The number of fused-ring (bicyclic) bond motifs is 2. The van der Waals surface area contributed by atoms with E-state index in [4.69, 9.17) is 33.5 Å². The number of hydrogen-bond acceptors (Lipinski definition) is 7. The molecule has 6 heterocycles. The Balaban J connectivity index is 0.751. The van der Waals surface area contributed by atoms with Crippen molar-refractivity contribution in [1.82, 2.24) is 0 Å². The molecule has 6 aliphatic rings. The summed E-state index contributed by atoms with van der Waals surface area (Å²) in [6.07, 6.45) is 17.9. The molecule has 3 spiro atoms. The van der Waals surface area contributed by atoms with Gasteiger partial charge in [-0.05, 0) is 25.3 Å². The van der Waals surface area contributed by atoms with Gasteiger partial charge in [0, 0.05) is 6.42 Å². The quantitative estimate of drug-likeness (QED) is 0.311. The van der Waals surface area contributed by atoms with Gasteiger partial charge in [0.15, 0.2) is 5.76 Å². The average molecular weight is 422 g/mol. The molecular formula is C22H30O8. The van der Waals surface area contributed by atoms with E-state index in [0.29, 0.717) is 6.42 Å². The van der Waals surface area contributed by atoms with Crippen molar-refractivity contribution in [2.75, 3.05) is 0 Å². The number of carbonyl (C=O) groups is 1. The number of carboxylic acids is 1. The number of rotatable bonds is 15. The first-order valence-corrected chi connectivity index (χ1v) is 11.7. The largest absolute Gasteiger partial charge is 0.481 e. The molecule has 0 bridgehead atoms. The zero-order valence-corrected chi connectivity index (χ0v) is 17.3. The van der Waals surface area contributed by atoms with Crippen LogP contribution in [0.1, 0.15) is 89.9 Å². The van der Waals surface area contributed by atoms with Crippen LogP contribution in [0.25, 0.3) is 0 Å². The minimum atomic E-state index is -0.879. The lowest BCUT2D eigenvalue weighted by Crippen LogP contribution is -2.41. The van der Waals surface area contributed by atoms with Gasteiger partial charge in [-0.3, -0.25) is 28.5 Å². The molecule has 0 aliphatic carbocycles. The van der Waals surface area contributed by atoms with E-state index in [2.05, 4.69) is 6.08 Å². The molecule has 0 aromatic rings. The summed E-state index contributed by atoms with van der Waals surface area (Å²) in [6.45, 7) is 0. The van der Waals surface area contributed by atoms with Gasteiger partial charge < -0.3 is 9.84 Å². The molecule has 3 atom stereocenters. The molecule has 6 rings (SSSR count). The summed E-state index contributed by atoms with van der Waals surface area (Å²) in [5.41, 5.74) is 0. The van der Waals surface area contributed by atoms with Crippen molar-refractivity contribution in [2.24, 2.45) is 0 Å². The highest BCUT2D eigenvalue weighted by molar-refractivity contribution is 5.66. The first kappa shape index (κ1) is 19.5. The molecule has 30 heavy (non-hydrogen) atoms. The predicted molar refractivity (Wildman–Crippen MR) is 101 cm³/mol. The second-order valence-electron chi connectivity index (χ2n) is 9.38. The molecule has 6 saturated heterocycles. The van der Waals surface area contributed by atoms with Gasteiger partial charge in [0.05, 0.1) is 0 Å². The van der Waals surface area contributed by atoms with Gasteiger partial charge in [-0.15, -0.1) is 0 Å². The predicted octanol–water partition coefficient (Wildman–Crippen LogP) is 4.04. The highest BCUT2D eigenvalue weighted by Gasteiger charge is 3.27. The smallest absolute Gasteiger partial charge is 0.355 e. The Morgan fingerprint density at radius 2 is 1.27 bits per heavy atom. The zero-order valence-electron chi connectivity index (χ0n) is 17.3. The van der Waals surface area contributed by atoms with Gasteiger partial charge in [0.25, 0.3) is 0 Å². The van der Waals surface area contributed by atoms with Gasteiger partial charge in [-0.2, -0.15) is 0 Å². The van der Waals surface area contributed by atoms with Crippen LogP contribution in [-0.2, 0) is 33.2 Å². The summed E-state index contributed by atoms with van der Waals surface area (Å²) in [4.78, 5) is 10.4. The molecule has 0 amide bonds. The number of hydrogen-bond donors (Lipinski definition) is 1. The maximum Gasteiger partial charge on any atom is 0.355 e. The van der Waals surface area contributed by atoms with E-state index < -0.39 is 35.1 Å². The number of allylic oxidation sites excluding steroid dienone is 1. The lowest BCUT2D eigenvalue weighted by Gasteiger charge is -2.07. The Bertz CT molecular complexity index is 773. The fraction of sp³-hybridized carbons (Fsp3) is 0.864. The highest BCUT2D eigenvalue weighted by atomic mass is 17.3. The number of aliphatic carboxylic acids is 1. The van der Waals surface area contributed by atoms with Crippen LogP contribution in [0.15, 0.2) is 11.8 Å². The fourth-order valence-corrected chi connectivity index (χ4v) is 5.11. The molecule has 166 valence electrons. The maximum atomic E-state index is 10.4. The molecule has 8 nitrogen and oxygen atoms in total. The molecule has 1 N–H and O–H groups in total. The third-order valence-corrected chi connectivity index (χ3v) is 7.16. The standard InChI is InChI=1S/C22H30O8/c23-17(24)15-13-11-9-7-5-3-1-2-4-6-8-10-12-14-16-18(25-16)19(26-18)20(27-19)21-22(28-20,29-21)30-21/h14H,1-13,15H2,(H,23,24).